The number of rotatable bonds is 1. The average Bonchev–Trinajstić information content (AvgIpc) is 2.69. The minimum absolute atomic E-state index is 0.108. The van der Waals surface area contributed by atoms with Gasteiger partial charge in [0.25, 0.3) is 5.91 Å². The van der Waals surface area contributed by atoms with E-state index in [0.717, 1.165) is 0 Å². The van der Waals surface area contributed by atoms with Crippen LogP contribution in [0.25, 0.3) is 0 Å². The van der Waals surface area contributed by atoms with Crippen LogP contribution in [0.1, 0.15) is 28.6 Å². The lowest BCUT2D eigenvalue weighted by molar-refractivity contribution is -0.115. The van der Waals surface area contributed by atoms with E-state index in [4.69, 9.17) is 4.42 Å². The Labute approximate surface area is 121 Å². The van der Waals surface area contributed by atoms with Crippen LogP contribution in [0.2, 0.25) is 0 Å². The maximum absolute atomic E-state index is 12.7. The van der Waals surface area contributed by atoms with Gasteiger partial charge in [-0.15, -0.1) is 0 Å². The summed E-state index contributed by atoms with van der Waals surface area (Å²) in [5.41, 5.74) is 1.85. The lowest BCUT2D eigenvalue weighted by Crippen LogP contribution is -2.32. The zero-order valence-electron chi connectivity index (χ0n) is 11.8. The van der Waals surface area contributed by atoms with Gasteiger partial charge in [0.1, 0.15) is 0 Å². The van der Waals surface area contributed by atoms with Crippen LogP contribution in [-0.2, 0) is 4.79 Å². The molecule has 0 aliphatic carbocycles. The number of hydrogen-bond acceptors (Lipinski definition) is 4. The standard InChI is InChI=1S/C15H15N3O3/c1-9-14(21-10(2)16-9)15(20)18-8-7-13(19)17-11-5-3-4-6-12(11)18/h3-6H,7-8H2,1-2H3,(H,17,19). The molecule has 0 radical (unpaired) electrons. The highest BCUT2D eigenvalue weighted by Crippen LogP contribution is 2.30. The number of aryl methyl sites for hydroxylation is 2. The third-order valence-corrected chi connectivity index (χ3v) is 3.37. The Hall–Kier alpha value is -2.63. The summed E-state index contributed by atoms with van der Waals surface area (Å²) >= 11 is 0. The fourth-order valence-electron chi connectivity index (χ4n) is 2.42. The molecule has 1 aromatic carbocycles. The predicted octanol–water partition coefficient (Wildman–Crippen LogP) is 2.28. The van der Waals surface area contributed by atoms with Gasteiger partial charge in [-0.3, -0.25) is 9.59 Å². The second kappa shape index (κ2) is 5.05. The van der Waals surface area contributed by atoms with Crippen molar-refractivity contribution in [2.75, 3.05) is 16.8 Å². The van der Waals surface area contributed by atoms with E-state index in [0.29, 0.717) is 29.5 Å². The van der Waals surface area contributed by atoms with E-state index in [-0.39, 0.29) is 24.0 Å². The number of oxazole rings is 1. The number of fused-ring (bicyclic) bond motifs is 1. The van der Waals surface area contributed by atoms with Crippen LogP contribution in [0.3, 0.4) is 0 Å². The van der Waals surface area contributed by atoms with Crippen LogP contribution in [-0.4, -0.2) is 23.3 Å². The maximum Gasteiger partial charge on any atom is 0.296 e. The molecule has 1 aliphatic heterocycles. The van der Waals surface area contributed by atoms with Crippen molar-refractivity contribution in [3.8, 4) is 0 Å². The summed E-state index contributed by atoms with van der Waals surface area (Å²) in [7, 11) is 0. The van der Waals surface area contributed by atoms with Crippen molar-refractivity contribution in [2.45, 2.75) is 20.3 Å². The Morgan fingerprint density at radius 1 is 1.33 bits per heavy atom. The van der Waals surface area contributed by atoms with Crippen LogP contribution in [0.4, 0.5) is 11.4 Å². The molecule has 1 aliphatic rings. The number of hydrogen-bond donors (Lipinski definition) is 1. The monoisotopic (exact) mass is 285 g/mol. The highest BCUT2D eigenvalue weighted by Gasteiger charge is 2.28. The van der Waals surface area contributed by atoms with E-state index in [1.807, 2.05) is 12.1 Å². The Morgan fingerprint density at radius 3 is 2.81 bits per heavy atom. The van der Waals surface area contributed by atoms with Crippen LogP contribution in [0.5, 0.6) is 0 Å². The molecule has 108 valence electrons. The normalized spacial score (nSPS) is 14.4. The van der Waals surface area contributed by atoms with Gasteiger partial charge < -0.3 is 14.6 Å². The summed E-state index contributed by atoms with van der Waals surface area (Å²) in [5.74, 6) is 0.282. The summed E-state index contributed by atoms with van der Waals surface area (Å²) < 4.78 is 5.40. The van der Waals surface area contributed by atoms with E-state index in [9.17, 15) is 9.59 Å². The summed E-state index contributed by atoms with van der Waals surface area (Å²) in [6.07, 6.45) is 0.243. The predicted molar refractivity (Wildman–Crippen MR) is 77.3 cm³/mol. The van der Waals surface area contributed by atoms with Crippen molar-refractivity contribution in [3.05, 3.63) is 41.6 Å². The Bertz CT molecular complexity index is 721. The largest absolute Gasteiger partial charge is 0.436 e. The molecule has 2 amide bonds. The minimum atomic E-state index is -0.281. The van der Waals surface area contributed by atoms with Gasteiger partial charge in [-0.25, -0.2) is 4.98 Å². The second-order valence-corrected chi connectivity index (χ2v) is 4.92. The van der Waals surface area contributed by atoms with E-state index in [1.54, 1.807) is 30.9 Å². The lowest BCUT2D eigenvalue weighted by atomic mass is 10.2. The Kier molecular flexibility index (Phi) is 3.21. The number of amides is 2. The van der Waals surface area contributed by atoms with Crippen LogP contribution in [0, 0.1) is 13.8 Å². The van der Waals surface area contributed by atoms with Crippen molar-refractivity contribution in [2.24, 2.45) is 0 Å². The van der Waals surface area contributed by atoms with Gasteiger partial charge in [-0.2, -0.15) is 0 Å². The van der Waals surface area contributed by atoms with E-state index in [2.05, 4.69) is 10.3 Å². The summed E-state index contributed by atoms with van der Waals surface area (Å²) in [6.45, 7) is 3.74. The summed E-state index contributed by atoms with van der Waals surface area (Å²) in [4.78, 5) is 30.1. The molecule has 0 fully saturated rings. The van der Waals surface area contributed by atoms with Crippen LogP contribution < -0.4 is 10.2 Å². The van der Waals surface area contributed by atoms with Gasteiger partial charge in [0.2, 0.25) is 11.7 Å². The maximum atomic E-state index is 12.7. The molecule has 2 heterocycles. The molecule has 0 saturated carbocycles. The zero-order chi connectivity index (χ0) is 15.0. The van der Waals surface area contributed by atoms with Crippen molar-refractivity contribution in [1.82, 2.24) is 4.98 Å². The molecule has 3 rings (SSSR count). The first-order valence-corrected chi connectivity index (χ1v) is 6.71. The van der Waals surface area contributed by atoms with Gasteiger partial charge in [-0.05, 0) is 19.1 Å². The Balaban J connectivity index is 2.04. The zero-order valence-corrected chi connectivity index (χ0v) is 11.8. The van der Waals surface area contributed by atoms with Crippen molar-refractivity contribution in [3.63, 3.8) is 0 Å². The van der Waals surface area contributed by atoms with Gasteiger partial charge in [-0.1, -0.05) is 12.1 Å². The van der Waals surface area contributed by atoms with Gasteiger partial charge >= 0.3 is 0 Å². The molecule has 0 atom stereocenters. The topological polar surface area (TPSA) is 75.4 Å². The third-order valence-electron chi connectivity index (χ3n) is 3.37. The summed E-state index contributed by atoms with van der Waals surface area (Å²) in [5, 5.41) is 2.80. The first-order chi connectivity index (χ1) is 10.1. The molecule has 6 nitrogen and oxygen atoms in total. The molecule has 1 N–H and O–H groups in total. The van der Waals surface area contributed by atoms with Gasteiger partial charge in [0.15, 0.2) is 5.89 Å². The molecule has 1 aromatic heterocycles. The molecule has 0 saturated heterocycles. The average molecular weight is 285 g/mol. The fourth-order valence-corrected chi connectivity index (χ4v) is 2.42. The van der Waals surface area contributed by atoms with Gasteiger partial charge in [0.05, 0.1) is 17.1 Å². The third kappa shape index (κ3) is 2.40. The molecular weight excluding hydrogens is 270 g/mol. The smallest absolute Gasteiger partial charge is 0.296 e. The number of nitrogens with zero attached hydrogens (tertiary/aromatic N) is 2. The van der Waals surface area contributed by atoms with Crippen LogP contribution >= 0.6 is 0 Å². The highest BCUT2D eigenvalue weighted by molar-refractivity contribution is 6.09. The molecule has 6 heteroatoms. The molecular formula is C15H15N3O3. The van der Waals surface area contributed by atoms with Gasteiger partial charge in [0, 0.05) is 19.9 Å². The number of carbonyl (C=O) groups is 2. The Morgan fingerprint density at radius 2 is 2.10 bits per heavy atom. The minimum Gasteiger partial charge on any atom is -0.436 e. The quantitative estimate of drug-likeness (QED) is 0.872. The number of benzene rings is 1. The fraction of sp³-hybridized carbons (Fsp3) is 0.267. The summed E-state index contributed by atoms with van der Waals surface area (Å²) in [6, 6.07) is 7.22. The van der Waals surface area contributed by atoms with Crippen molar-refractivity contribution >= 4 is 23.2 Å². The van der Waals surface area contributed by atoms with E-state index >= 15 is 0 Å². The number of para-hydroxylation sites is 2. The van der Waals surface area contributed by atoms with Crippen molar-refractivity contribution in [1.29, 1.82) is 0 Å². The molecule has 0 bridgehead atoms. The van der Waals surface area contributed by atoms with E-state index in [1.165, 1.54) is 0 Å². The van der Waals surface area contributed by atoms with Crippen molar-refractivity contribution < 1.29 is 14.0 Å². The first kappa shape index (κ1) is 13.4. The molecule has 2 aromatic rings. The van der Waals surface area contributed by atoms with E-state index < -0.39 is 0 Å². The second-order valence-electron chi connectivity index (χ2n) is 4.92. The lowest BCUT2D eigenvalue weighted by Gasteiger charge is -2.20. The molecule has 21 heavy (non-hydrogen) atoms. The highest BCUT2D eigenvalue weighted by atomic mass is 16.4. The number of nitrogens with one attached hydrogen (secondary N) is 1. The number of carbonyl (C=O) groups excluding carboxylic acids is 2. The first-order valence-electron chi connectivity index (χ1n) is 6.71. The number of aromatic nitrogens is 1. The molecule has 0 spiro atoms. The SMILES string of the molecule is Cc1nc(C)c(C(=O)N2CCC(=O)Nc3ccccc32)o1. The number of anilines is 2. The van der Waals surface area contributed by atoms with Crippen LogP contribution in [0.15, 0.2) is 28.7 Å². The molecule has 0 unspecified atom stereocenters.